The number of hydrogen-bond acceptors (Lipinski definition) is 8. The third-order valence-corrected chi connectivity index (χ3v) is 8.20. The maximum Gasteiger partial charge on any atom is 0.326 e. The highest BCUT2D eigenvalue weighted by Crippen LogP contribution is 2.17. The van der Waals surface area contributed by atoms with Crippen LogP contribution in [-0.2, 0) is 36.8 Å². The number of amides is 4. The minimum absolute atomic E-state index is 0.0196. The third-order valence-electron chi connectivity index (χ3n) is 8.20. The number of aliphatic carboxylic acids is 1. The quantitative estimate of drug-likeness (QED) is 0.0798. The summed E-state index contributed by atoms with van der Waals surface area (Å²) in [6.07, 6.45) is 3.78. The standard InChI is InChI=1S/C38H54N6O7/c1-9-19-44(20-10-2)31(23-26-13-17-28(45)18-14-26)33(47)42-38(7,8)36(51)43-37(5,6)35(50)41-29(22-25-11-15-27(39)16-12-25)32(46)40-30(34(48)49)21-24(3)4/h9-18,24,29-31,45H,1-2,19-23,39H2,3-8H3,(H,40,46)(H,41,50)(H,42,47)(H,43,51)(H,48,49)/t29-,30-,31-/m0/s1. The number of nitrogens with one attached hydrogen (secondary N) is 4. The number of carbonyl (C=O) groups excluding carboxylic acids is 4. The number of aromatic hydroxyl groups is 1. The van der Waals surface area contributed by atoms with Gasteiger partial charge >= 0.3 is 5.97 Å². The summed E-state index contributed by atoms with van der Waals surface area (Å²) in [6, 6.07) is 10.1. The molecule has 0 fully saturated rings. The molecule has 0 heterocycles. The Bertz CT molecular complexity index is 1530. The van der Waals surface area contributed by atoms with Crippen LogP contribution >= 0.6 is 0 Å². The van der Waals surface area contributed by atoms with E-state index < -0.39 is 58.8 Å². The van der Waals surface area contributed by atoms with E-state index in [0.29, 0.717) is 24.3 Å². The van der Waals surface area contributed by atoms with Crippen LogP contribution in [0.3, 0.4) is 0 Å². The summed E-state index contributed by atoms with van der Waals surface area (Å²) in [5.74, 6) is -3.67. The Morgan fingerprint density at radius 1 is 0.765 bits per heavy atom. The Morgan fingerprint density at radius 2 is 1.27 bits per heavy atom. The molecule has 2 rings (SSSR count). The first-order chi connectivity index (χ1) is 23.8. The molecule has 278 valence electrons. The highest BCUT2D eigenvalue weighted by molar-refractivity contribution is 5.98. The lowest BCUT2D eigenvalue weighted by Crippen LogP contribution is -2.65. The smallest absolute Gasteiger partial charge is 0.326 e. The fourth-order valence-corrected chi connectivity index (χ4v) is 5.25. The van der Waals surface area contributed by atoms with Gasteiger partial charge in [0.05, 0.1) is 6.04 Å². The number of carbonyl (C=O) groups is 5. The molecular weight excluding hydrogens is 652 g/mol. The number of carboxylic acids is 1. The highest BCUT2D eigenvalue weighted by Gasteiger charge is 2.40. The first kappa shape index (κ1) is 42.0. The molecule has 3 atom stereocenters. The number of carboxylic acid groups (broad SMARTS) is 1. The van der Waals surface area contributed by atoms with Crippen LogP contribution in [0.1, 0.15) is 59.1 Å². The number of anilines is 1. The maximum atomic E-state index is 13.8. The van der Waals surface area contributed by atoms with Gasteiger partial charge in [-0.3, -0.25) is 24.1 Å². The van der Waals surface area contributed by atoms with Crippen molar-refractivity contribution < 1.29 is 34.2 Å². The number of benzene rings is 2. The van der Waals surface area contributed by atoms with E-state index in [9.17, 15) is 34.2 Å². The van der Waals surface area contributed by atoms with Crippen LogP contribution < -0.4 is 27.0 Å². The molecule has 0 aliphatic carbocycles. The van der Waals surface area contributed by atoms with Gasteiger partial charge in [-0.25, -0.2) is 4.79 Å². The van der Waals surface area contributed by atoms with Crippen molar-refractivity contribution in [2.45, 2.75) is 90.0 Å². The van der Waals surface area contributed by atoms with Gasteiger partial charge in [0.25, 0.3) is 0 Å². The Balaban J connectivity index is 2.28. The number of phenols is 1. The molecule has 0 spiro atoms. The van der Waals surface area contributed by atoms with Crippen LogP contribution in [-0.4, -0.2) is 87.0 Å². The number of hydrogen-bond donors (Lipinski definition) is 7. The molecule has 4 amide bonds. The summed E-state index contributed by atoms with van der Waals surface area (Å²) in [7, 11) is 0. The van der Waals surface area contributed by atoms with Crippen molar-refractivity contribution in [2.75, 3.05) is 18.8 Å². The van der Waals surface area contributed by atoms with Crippen LogP contribution in [0.4, 0.5) is 5.69 Å². The second-order valence-electron chi connectivity index (χ2n) is 14.1. The second kappa shape index (κ2) is 18.7. The lowest BCUT2D eigenvalue weighted by molar-refractivity contribution is -0.143. The van der Waals surface area contributed by atoms with E-state index in [1.165, 1.54) is 39.8 Å². The van der Waals surface area contributed by atoms with E-state index in [-0.39, 0.29) is 30.9 Å². The van der Waals surface area contributed by atoms with Crippen LogP contribution in [0.25, 0.3) is 0 Å². The van der Waals surface area contributed by atoms with Crippen molar-refractivity contribution in [1.29, 1.82) is 0 Å². The van der Waals surface area contributed by atoms with Crippen LogP contribution in [0, 0.1) is 5.92 Å². The molecule has 0 aliphatic rings. The van der Waals surface area contributed by atoms with Gasteiger partial charge in [-0.15, -0.1) is 13.2 Å². The number of nitrogens with zero attached hydrogens (tertiary/aromatic N) is 1. The molecule has 2 aromatic rings. The van der Waals surface area contributed by atoms with Gasteiger partial charge < -0.3 is 37.2 Å². The molecule has 0 bridgehead atoms. The largest absolute Gasteiger partial charge is 0.508 e. The Kier molecular flexibility index (Phi) is 15.4. The number of rotatable bonds is 20. The first-order valence-electron chi connectivity index (χ1n) is 16.9. The number of phenolic OH excluding ortho intramolecular Hbond substituents is 1. The van der Waals surface area contributed by atoms with Gasteiger partial charge in [-0.1, -0.05) is 50.3 Å². The van der Waals surface area contributed by atoms with Gasteiger partial charge in [0.2, 0.25) is 23.6 Å². The van der Waals surface area contributed by atoms with Gasteiger partial charge in [-0.2, -0.15) is 0 Å². The van der Waals surface area contributed by atoms with E-state index in [4.69, 9.17) is 5.73 Å². The summed E-state index contributed by atoms with van der Waals surface area (Å²) in [4.78, 5) is 68.4. The molecule has 0 saturated heterocycles. The number of nitrogen functional groups attached to an aromatic ring is 1. The average molecular weight is 707 g/mol. The molecule has 0 radical (unpaired) electrons. The predicted octanol–water partition coefficient (Wildman–Crippen LogP) is 2.69. The van der Waals surface area contributed by atoms with E-state index in [1.807, 2.05) is 18.7 Å². The monoisotopic (exact) mass is 706 g/mol. The van der Waals surface area contributed by atoms with E-state index in [1.54, 1.807) is 48.6 Å². The van der Waals surface area contributed by atoms with Crippen LogP contribution in [0.15, 0.2) is 73.8 Å². The molecule has 13 nitrogen and oxygen atoms in total. The SMILES string of the molecule is C=CCN(CC=C)[C@@H](Cc1ccc(O)cc1)C(=O)NC(C)(C)C(=O)NC(C)(C)C(=O)N[C@@H](Cc1ccc(N)cc1)C(=O)N[C@@H](CC(C)C)C(=O)O. The fraction of sp³-hybridized carbons (Fsp3) is 0.447. The van der Waals surface area contributed by atoms with Crippen molar-refractivity contribution in [3.05, 3.63) is 85.0 Å². The number of nitrogens with two attached hydrogens (primary N) is 1. The highest BCUT2D eigenvalue weighted by atomic mass is 16.4. The lowest BCUT2D eigenvalue weighted by atomic mass is 9.96. The second-order valence-corrected chi connectivity index (χ2v) is 14.1. The Morgan fingerprint density at radius 3 is 1.78 bits per heavy atom. The molecular formula is C38H54N6O7. The zero-order chi connectivity index (χ0) is 38.5. The molecule has 13 heteroatoms. The molecule has 51 heavy (non-hydrogen) atoms. The average Bonchev–Trinajstić information content (AvgIpc) is 3.04. The van der Waals surface area contributed by atoms with Crippen molar-refractivity contribution in [2.24, 2.45) is 5.92 Å². The van der Waals surface area contributed by atoms with Gasteiger partial charge in [0.15, 0.2) is 0 Å². The fourth-order valence-electron chi connectivity index (χ4n) is 5.25. The molecule has 0 aromatic heterocycles. The maximum absolute atomic E-state index is 13.8. The molecule has 2 aromatic carbocycles. The molecule has 8 N–H and O–H groups in total. The summed E-state index contributed by atoms with van der Waals surface area (Å²) in [5, 5.41) is 30.2. The van der Waals surface area contributed by atoms with E-state index >= 15 is 0 Å². The topological polar surface area (TPSA) is 203 Å². The first-order valence-corrected chi connectivity index (χ1v) is 16.9. The van der Waals surface area contributed by atoms with Crippen molar-refractivity contribution >= 4 is 35.3 Å². The van der Waals surface area contributed by atoms with Crippen molar-refractivity contribution in [1.82, 2.24) is 26.2 Å². The van der Waals surface area contributed by atoms with E-state index in [0.717, 1.165) is 5.56 Å². The summed E-state index contributed by atoms with van der Waals surface area (Å²) < 4.78 is 0. The van der Waals surface area contributed by atoms with Gasteiger partial charge in [-0.05, 0) is 81.8 Å². The molecule has 0 aliphatic heterocycles. The summed E-state index contributed by atoms with van der Waals surface area (Å²) >= 11 is 0. The lowest BCUT2D eigenvalue weighted by Gasteiger charge is -2.35. The zero-order valence-corrected chi connectivity index (χ0v) is 30.5. The van der Waals surface area contributed by atoms with Crippen molar-refractivity contribution in [3.8, 4) is 5.75 Å². The third kappa shape index (κ3) is 13.2. The Hall–Kier alpha value is -5.17. The zero-order valence-electron chi connectivity index (χ0n) is 30.5. The Labute approximate surface area is 300 Å². The molecule has 0 saturated carbocycles. The predicted molar refractivity (Wildman–Crippen MR) is 198 cm³/mol. The minimum atomic E-state index is -1.58. The van der Waals surface area contributed by atoms with Crippen LogP contribution in [0.2, 0.25) is 0 Å². The van der Waals surface area contributed by atoms with Gasteiger partial charge in [0, 0.05) is 25.2 Å². The van der Waals surface area contributed by atoms with Gasteiger partial charge in [0.1, 0.15) is 28.9 Å². The summed E-state index contributed by atoms with van der Waals surface area (Å²) in [6.45, 7) is 17.9. The van der Waals surface area contributed by atoms with Crippen LogP contribution in [0.5, 0.6) is 5.75 Å². The molecule has 0 unspecified atom stereocenters. The minimum Gasteiger partial charge on any atom is -0.508 e. The van der Waals surface area contributed by atoms with E-state index in [2.05, 4.69) is 34.4 Å². The van der Waals surface area contributed by atoms with Crippen molar-refractivity contribution in [3.63, 3.8) is 0 Å². The summed E-state index contributed by atoms with van der Waals surface area (Å²) in [5.41, 5.74) is 4.68. The normalized spacial score (nSPS) is 13.4.